The summed E-state index contributed by atoms with van der Waals surface area (Å²) >= 11 is 0. The first kappa shape index (κ1) is 16.7. The average molecular weight is 328 g/mol. The van der Waals surface area contributed by atoms with Crippen LogP contribution in [0.1, 0.15) is 19.8 Å². The number of nitro benzene ring substituents is 1. The Hall–Kier alpha value is -1.67. The highest BCUT2D eigenvalue weighted by Crippen LogP contribution is 2.32. The first-order chi connectivity index (χ1) is 10.3. The van der Waals surface area contributed by atoms with Crippen molar-refractivity contribution < 1.29 is 18.1 Å². The number of nitro groups is 1. The fourth-order valence-corrected chi connectivity index (χ4v) is 3.32. The molecule has 1 fully saturated rings. The highest BCUT2D eigenvalue weighted by molar-refractivity contribution is 7.90. The van der Waals surface area contributed by atoms with E-state index in [1.807, 2.05) is 11.8 Å². The van der Waals surface area contributed by atoms with E-state index in [1.54, 1.807) is 0 Å². The molecule has 0 aliphatic carbocycles. The van der Waals surface area contributed by atoms with Crippen LogP contribution in [0.2, 0.25) is 0 Å². The van der Waals surface area contributed by atoms with E-state index in [4.69, 9.17) is 4.74 Å². The molecule has 1 aromatic carbocycles. The molecule has 1 heterocycles. The second kappa shape index (κ2) is 6.62. The molecule has 0 amide bonds. The number of piperidine rings is 1. The van der Waals surface area contributed by atoms with Gasteiger partial charge >= 0.3 is 0 Å². The molecule has 22 heavy (non-hydrogen) atoms. The molecule has 0 spiro atoms. The number of hydrogen-bond donors (Lipinski definition) is 0. The van der Waals surface area contributed by atoms with E-state index in [0.29, 0.717) is 25.4 Å². The van der Waals surface area contributed by atoms with Gasteiger partial charge in [0.15, 0.2) is 9.84 Å². The van der Waals surface area contributed by atoms with Crippen LogP contribution in [0, 0.1) is 10.1 Å². The van der Waals surface area contributed by atoms with Crippen LogP contribution in [0.25, 0.3) is 0 Å². The third kappa shape index (κ3) is 3.75. The lowest BCUT2D eigenvalue weighted by atomic mass is 10.1. The van der Waals surface area contributed by atoms with Gasteiger partial charge in [-0.25, -0.2) is 8.42 Å². The van der Waals surface area contributed by atoms with E-state index in [1.165, 1.54) is 12.1 Å². The predicted octanol–water partition coefficient (Wildman–Crippen LogP) is 2.00. The van der Waals surface area contributed by atoms with Crippen molar-refractivity contribution >= 4 is 21.2 Å². The van der Waals surface area contributed by atoms with Crippen molar-refractivity contribution in [2.24, 2.45) is 0 Å². The smallest absolute Gasteiger partial charge is 0.293 e. The first-order valence-electron chi connectivity index (χ1n) is 7.18. The summed E-state index contributed by atoms with van der Waals surface area (Å²) in [6.45, 7) is 3.80. The van der Waals surface area contributed by atoms with Gasteiger partial charge < -0.3 is 9.64 Å². The predicted molar refractivity (Wildman–Crippen MR) is 83.1 cm³/mol. The molecule has 1 aliphatic rings. The number of nitrogens with zero attached hydrogens (tertiary/aromatic N) is 2. The lowest BCUT2D eigenvalue weighted by Crippen LogP contribution is -2.40. The Morgan fingerprint density at radius 3 is 2.77 bits per heavy atom. The summed E-state index contributed by atoms with van der Waals surface area (Å²) in [5, 5.41) is 11.3. The van der Waals surface area contributed by atoms with Gasteiger partial charge in [-0.2, -0.15) is 0 Å². The van der Waals surface area contributed by atoms with Gasteiger partial charge in [-0.1, -0.05) is 0 Å². The van der Waals surface area contributed by atoms with E-state index in [2.05, 4.69) is 0 Å². The molecule has 2 rings (SSSR count). The molecule has 0 aromatic heterocycles. The van der Waals surface area contributed by atoms with Gasteiger partial charge in [-0.3, -0.25) is 10.1 Å². The zero-order chi connectivity index (χ0) is 16.3. The topological polar surface area (TPSA) is 89.8 Å². The number of benzene rings is 1. The van der Waals surface area contributed by atoms with E-state index < -0.39 is 14.8 Å². The molecule has 1 aromatic rings. The Bertz CT molecular complexity index is 657. The normalized spacial score (nSPS) is 19.2. The minimum absolute atomic E-state index is 0.0404. The minimum atomic E-state index is -3.47. The summed E-state index contributed by atoms with van der Waals surface area (Å²) in [7, 11) is -3.47. The van der Waals surface area contributed by atoms with E-state index in [0.717, 1.165) is 25.2 Å². The van der Waals surface area contributed by atoms with Crippen molar-refractivity contribution in [1.82, 2.24) is 0 Å². The van der Waals surface area contributed by atoms with Gasteiger partial charge in [0, 0.05) is 32.0 Å². The van der Waals surface area contributed by atoms with Gasteiger partial charge in [0.1, 0.15) is 5.69 Å². The van der Waals surface area contributed by atoms with Crippen molar-refractivity contribution in [2.45, 2.75) is 30.8 Å². The molecule has 1 saturated heterocycles. The highest BCUT2D eigenvalue weighted by Gasteiger charge is 2.27. The van der Waals surface area contributed by atoms with Gasteiger partial charge in [0.05, 0.1) is 15.9 Å². The molecular weight excluding hydrogens is 308 g/mol. The third-order valence-corrected chi connectivity index (χ3v) is 4.80. The lowest BCUT2D eigenvalue weighted by molar-refractivity contribution is -0.384. The maximum absolute atomic E-state index is 11.6. The second-order valence-electron chi connectivity index (χ2n) is 5.35. The largest absolute Gasteiger partial charge is 0.377 e. The number of anilines is 1. The van der Waals surface area contributed by atoms with Crippen LogP contribution in [-0.4, -0.2) is 45.4 Å². The van der Waals surface area contributed by atoms with Crippen molar-refractivity contribution in [3.8, 4) is 0 Å². The Balaban J connectivity index is 2.36. The number of sulfone groups is 1. The lowest BCUT2D eigenvalue weighted by Gasteiger charge is -2.33. The fraction of sp³-hybridized carbons (Fsp3) is 0.571. The van der Waals surface area contributed by atoms with Crippen molar-refractivity contribution in [1.29, 1.82) is 0 Å². The number of rotatable bonds is 5. The van der Waals surface area contributed by atoms with Gasteiger partial charge in [-0.05, 0) is 31.9 Å². The molecule has 1 aliphatic heterocycles. The van der Waals surface area contributed by atoms with Crippen LogP contribution < -0.4 is 4.90 Å². The van der Waals surface area contributed by atoms with Gasteiger partial charge in [0.2, 0.25) is 0 Å². The highest BCUT2D eigenvalue weighted by atomic mass is 32.2. The zero-order valence-corrected chi connectivity index (χ0v) is 13.5. The van der Waals surface area contributed by atoms with Crippen LogP contribution in [0.15, 0.2) is 23.1 Å². The van der Waals surface area contributed by atoms with Crippen molar-refractivity contribution in [3.05, 3.63) is 28.3 Å². The summed E-state index contributed by atoms with van der Waals surface area (Å²) in [4.78, 5) is 12.6. The molecule has 7 nitrogen and oxygen atoms in total. The molecule has 1 unspecified atom stereocenters. The van der Waals surface area contributed by atoms with Crippen molar-refractivity contribution in [3.63, 3.8) is 0 Å². The maximum atomic E-state index is 11.6. The summed E-state index contributed by atoms with van der Waals surface area (Å²) in [6, 6.07) is 4.07. The quantitative estimate of drug-likeness (QED) is 0.606. The van der Waals surface area contributed by atoms with Crippen LogP contribution >= 0.6 is 0 Å². The Morgan fingerprint density at radius 1 is 1.45 bits per heavy atom. The molecular formula is C14H20N2O5S. The first-order valence-corrected chi connectivity index (χ1v) is 9.07. The molecule has 0 radical (unpaired) electrons. The van der Waals surface area contributed by atoms with Crippen LogP contribution in [-0.2, 0) is 14.6 Å². The third-order valence-electron chi connectivity index (χ3n) is 3.69. The summed E-state index contributed by atoms with van der Waals surface area (Å²) < 4.78 is 28.8. The van der Waals surface area contributed by atoms with Crippen LogP contribution in [0.5, 0.6) is 0 Å². The minimum Gasteiger partial charge on any atom is -0.377 e. The Morgan fingerprint density at radius 2 is 2.18 bits per heavy atom. The van der Waals surface area contributed by atoms with Gasteiger partial charge in [-0.15, -0.1) is 0 Å². The summed E-state index contributed by atoms with van der Waals surface area (Å²) in [6.07, 6.45) is 2.90. The number of ether oxygens (including phenoxy) is 1. The Kier molecular flexibility index (Phi) is 5.02. The standard InChI is InChI=1S/C14H20N2O5S/c1-3-21-11-5-4-8-15(10-11)13-7-6-12(22(2,19)20)9-14(13)16(17)18/h6-7,9,11H,3-5,8,10H2,1-2H3. The number of hydrogen-bond acceptors (Lipinski definition) is 6. The average Bonchev–Trinajstić information content (AvgIpc) is 2.46. The monoisotopic (exact) mass is 328 g/mol. The molecule has 0 bridgehead atoms. The SMILES string of the molecule is CCOC1CCCN(c2ccc(S(C)(=O)=O)cc2[N+](=O)[O-])C1. The van der Waals surface area contributed by atoms with Crippen LogP contribution in [0.4, 0.5) is 11.4 Å². The van der Waals surface area contributed by atoms with Crippen LogP contribution in [0.3, 0.4) is 0 Å². The van der Waals surface area contributed by atoms with E-state index in [-0.39, 0.29) is 16.7 Å². The second-order valence-corrected chi connectivity index (χ2v) is 7.36. The molecule has 0 N–H and O–H groups in total. The summed E-state index contributed by atoms with van der Waals surface area (Å²) in [5.41, 5.74) is 0.266. The maximum Gasteiger partial charge on any atom is 0.293 e. The molecule has 8 heteroatoms. The summed E-state index contributed by atoms with van der Waals surface area (Å²) in [5.74, 6) is 0. The van der Waals surface area contributed by atoms with E-state index >= 15 is 0 Å². The molecule has 122 valence electrons. The van der Waals surface area contributed by atoms with E-state index in [9.17, 15) is 18.5 Å². The zero-order valence-electron chi connectivity index (χ0n) is 12.7. The molecule has 0 saturated carbocycles. The Labute approximate surface area is 129 Å². The van der Waals surface area contributed by atoms with Crippen molar-refractivity contribution in [2.75, 3.05) is 30.9 Å². The fourth-order valence-electron chi connectivity index (χ4n) is 2.68. The molecule has 1 atom stereocenters. The van der Waals surface area contributed by atoms with Gasteiger partial charge in [0.25, 0.3) is 5.69 Å².